The number of nitrogens with zero attached hydrogens (tertiary/aromatic N) is 2. The fourth-order valence-electron chi connectivity index (χ4n) is 2.85. The monoisotopic (exact) mass is 353 g/mol. The summed E-state index contributed by atoms with van der Waals surface area (Å²) in [6, 6.07) is 11.7. The van der Waals surface area contributed by atoms with Crippen molar-refractivity contribution in [3.8, 4) is 0 Å². The van der Waals surface area contributed by atoms with Gasteiger partial charge in [-0.2, -0.15) is 5.10 Å². The molecule has 0 fully saturated rings. The van der Waals surface area contributed by atoms with Gasteiger partial charge in [-0.15, -0.1) is 0 Å². The number of benzene rings is 2. The highest BCUT2D eigenvalue weighted by Gasteiger charge is 2.25. The van der Waals surface area contributed by atoms with Crippen LogP contribution in [0, 0.1) is 19.7 Å². The van der Waals surface area contributed by atoms with Crippen molar-refractivity contribution < 1.29 is 14.0 Å². The molecule has 0 spiro atoms. The highest BCUT2D eigenvalue weighted by Crippen LogP contribution is 2.21. The number of carbonyl (C=O) groups excluding carboxylic acids is 2. The van der Waals surface area contributed by atoms with Gasteiger partial charge in [0.1, 0.15) is 11.5 Å². The second kappa shape index (κ2) is 7.47. The molecule has 6 heteroatoms. The van der Waals surface area contributed by atoms with Crippen LogP contribution in [0.2, 0.25) is 0 Å². The molecule has 2 aromatic carbocycles. The second-order valence-corrected chi connectivity index (χ2v) is 6.35. The molecule has 1 N–H and O–H groups in total. The van der Waals surface area contributed by atoms with Gasteiger partial charge in [-0.05, 0) is 42.7 Å². The summed E-state index contributed by atoms with van der Waals surface area (Å²) in [5.41, 5.74) is 3.76. The third kappa shape index (κ3) is 3.96. The number of aryl methyl sites for hydroxylation is 2. The van der Waals surface area contributed by atoms with Crippen LogP contribution >= 0.6 is 0 Å². The van der Waals surface area contributed by atoms with Crippen molar-refractivity contribution in [2.45, 2.75) is 33.2 Å². The summed E-state index contributed by atoms with van der Waals surface area (Å²) in [6.07, 6.45) is 0.524. The van der Waals surface area contributed by atoms with Gasteiger partial charge in [0.15, 0.2) is 0 Å². The molecule has 0 bridgehead atoms. The molecule has 1 aliphatic rings. The molecule has 0 aliphatic carbocycles. The molecule has 0 unspecified atom stereocenters. The molecule has 26 heavy (non-hydrogen) atoms. The molecule has 3 rings (SSSR count). The van der Waals surface area contributed by atoms with Crippen molar-refractivity contribution in [3.05, 3.63) is 65.0 Å². The largest absolute Gasteiger partial charge is 0.320 e. The molecule has 0 radical (unpaired) electrons. The van der Waals surface area contributed by atoms with Crippen LogP contribution in [0.5, 0.6) is 0 Å². The zero-order valence-electron chi connectivity index (χ0n) is 14.8. The average molecular weight is 353 g/mol. The van der Waals surface area contributed by atoms with E-state index < -0.39 is 0 Å². The SMILES string of the molecule is Cc1cccc(C)c1NC(=O)C1=NN(Cc2ccc(F)cc2)C(=O)CC1. The van der Waals surface area contributed by atoms with Crippen LogP contribution < -0.4 is 5.32 Å². The van der Waals surface area contributed by atoms with E-state index in [-0.39, 0.29) is 30.6 Å². The molecule has 1 heterocycles. The van der Waals surface area contributed by atoms with Crippen LogP contribution in [-0.2, 0) is 16.1 Å². The summed E-state index contributed by atoms with van der Waals surface area (Å²) >= 11 is 0. The summed E-state index contributed by atoms with van der Waals surface area (Å²) < 4.78 is 13.0. The molecule has 0 aromatic heterocycles. The lowest BCUT2D eigenvalue weighted by Crippen LogP contribution is -2.36. The first-order valence-corrected chi connectivity index (χ1v) is 8.44. The Bertz CT molecular complexity index is 855. The summed E-state index contributed by atoms with van der Waals surface area (Å²) in [6.45, 7) is 4.06. The number of hydrogen-bond donors (Lipinski definition) is 1. The zero-order chi connectivity index (χ0) is 18.7. The lowest BCUT2D eigenvalue weighted by atomic mass is 10.1. The lowest BCUT2D eigenvalue weighted by Gasteiger charge is -2.23. The molecular weight excluding hydrogens is 333 g/mol. The predicted octanol–water partition coefficient (Wildman–Crippen LogP) is 3.56. The first-order chi connectivity index (χ1) is 12.4. The summed E-state index contributed by atoms with van der Waals surface area (Å²) in [5.74, 6) is -0.798. The normalized spacial score (nSPS) is 14.2. The van der Waals surface area contributed by atoms with E-state index >= 15 is 0 Å². The summed E-state index contributed by atoms with van der Waals surface area (Å²) in [5, 5.41) is 8.40. The van der Waals surface area contributed by atoms with Gasteiger partial charge in [-0.25, -0.2) is 9.40 Å². The topological polar surface area (TPSA) is 61.8 Å². The van der Waals surface area contributed by atoms with Crippen molar-refractivity contribution in [1.29, 1.82) is 0 Å². The van der Waals surface area contributed by atoms with E-state index in [0.717, 1.165) is 22.4 Å². The highest BCUT2D eigenvalue weighted by atomic mass is 19.1. The Morgan fingerprint density at radius 1 is 1.12 bits per heavy atom. The van der Waals surface area contributed by atoms with Gasteiger partial charge >= 0.3 is 0 Å². The maximum atomic E-state index is 13.0. The number of hydrazone groups is 1. The van der Waals surface area contributed by atoms with Crippen LogP contribution in [0.25, 0.3) is 0 Å². The van der Waals surface area contributed by atoms with Crippen molar-refractivity contribution in [2.24, 2.45) is 5.10 Å². The Morgan fingerprint density at radius 2 is 1.77 bits per heavy atom. The standard InChI is InChI=1S/C20H20FN3O2/c1-13-4-3-5-14(2)19(13)22-20(26)17-10-11-18(25)24(23-17)12-15-6-8-16(21)9-7-15/h3-9H,10-12H2,1-2H3,(H,22,26). The third-order valence-electron chi connectivity index (χ3n) is 4.33. The first-order valence-electron chi connectivity index (χ1n) is 8.44. The zero-order valence-corrected chi connectivity index (χ0v) is 14.8. The molecular formula is C20H20FN3O2. The quantitative estimate of drug-likeness (QED) is 0.913. The smallest absolute Gasteiger partial charge is 0.271 e. The fraction of sp³-hybridized carbons (Fsp3) is 0.250. The molecule has 134 valence electrons. The van der Waals surface area contributed by atoms with E-state index in [2.05, 4.69) is 10.4 Å². The molecule has 0 saturated carbocycles. The van der Waals surface area contributed by atoms with Gasteiger partial charge in [0.25, 0.3) is 5.91 Å². The maximum Gasteiger partial charge on any atom is 0.271 e. The molecule has 2 aromatic rings. The van der Waals surface area contributed by atoms with Gasteiger partial charge < -0.3 is 5.32 Å². The Hall–Kier alpha value is -3.02. The third-order valence-corrected chi connectivity index (χ3v) is 4.33. The lowest BCUT2D eigenvalue weighted by molar-refractivity contribution is -0.132. The van der Waals surface area contributed by atoms with Gasteiger partial charge in [0.2, 0.25) is 5.91 Å². The van der Waals surface area contributed by atoms with E-state index in [4.69, 9.17) is 0 Å². The van der Waals surface area contributed by atoms with E-state index in [1.54, 1.807) is 12.1 Å². The van der Waals surface area contributed by atoms with Crippen LogP contribution in [-0.4, -0.2) is 22.5 Å². The van der Waals surface area contributed by atoms with Crippen LogP contribution in [0.15, 0.2) is 47.6 Å². The Morgan fingerprint density at radius 3 is 2.42 bits per heavy atom. The minimum atomic E-state index is -0.337. The van der Waals surface area contributed by atoms with Gasteiger partial charge in [-0.3, -0.25) is 9.59 Å². The van der Waals surface area contributed by atoms with Gasteiger partial charge in [-0.1, -0.05) is 30.3 Å². The van der Waals surface area contributed by atoms with E-state index in [1.807, 2.05) is 32.0 Å². The molecule has 5 nitrogen and oxygen atoms in total. The Labute approximate surface area is 151 Å². The van der Waals surface area contributed by atoms with Crippen LogP contribution in [0.1, 0.15) is 29.5 Å². The minimum absolute atomic E-state index is 0.155. The Kier molecular flexibility index (Phi) is 5.11. The number of para-hydroxylation sites is 1. The van der Waals surface area contributed by atoms with E-state index in [9.17, 15) is 14.0 Å². The number of amides is 2. The van der Waals surface area contributed by atoms with Crippen LogP contribution in [0.4, 0.5) is 10.1 Å². The second-order valence-electron chi connectivity index (χ2n) is 6.35. The number of halogens is 1. The maximum absolute atomic E-state index is 13.0. The molecule has 2 amide bonds. The van der Waals surface area contributed by atoms with Crippen molar-refractivity contribution in [3.63, 3.8) is 0 Å². The van der Waals surface area contributed by atoms with Gasteiger partial charge in [0, 0.05) is 18.5 Å². The van der Waals surface area contributed by atoms with Crippen LogP contribution in [0.3, 0.4) is 0 Å². The summed E-state index contributed by atoms with van der Waals surface area (Å²) in [4.78, 5) is 24.7. The van der Waals surface area contributed by atoms with Crippen molar-refractivity contribution in [1.82, 2.24) is 5.01 Å². The van der Waals surface area contributed by atoms with Gasteiger partial charge in [0.05, 0.1) is 6.54 Å². The number of rotatable bonds is 4. The minimum Gasteiger partial charge on any atom is -0.320 e. The number of carbonyl (C=O) groups is 2. The van der Waals surface area contributed by atoms with E-state index in [0.29, 0.717) is 12.1 Å². The highest BCUT2D eigenvalue weighted by molar-refractivity contribution is 6.43. The van der Waals surface area contributed by atoms with Crippen molar-refractivity contribution >= 4 is 23.2 Å². The number of anilines is 1. The van der Waals surface area contributed by atoms with E-state index in [1.165, 1.54) is 17.1 Å². The molecule has 0 saturated heterocycles. The molecule has 1 aliphatic heterocycles. The molecule has 0 atom stereocenters. The number of nitrogens with one attached hydrogen (secondary N) is 1. The summed E-state index contributed by atoms with van der Waals surface area (Å²) in [7, 11) is 0. The van der Waals surface area contributed by atoms with Crippen molar-refractivity contribution in [2.75, 3.05) is 5.32 Å². The predicted molar refractivity (Wildman–Crippen MR) is 98.2 cm³/mol. The Balaban J connectivity index is 1.77. The number of hydrogen-bond acceptors (Lipinski definition) is 3. The fourth-order valence-corrected chi connectivity index (χ4v) is 2.85. The average Bonchev–Trinajstić information content (AvgIpc) is 2.62. The first kappa shape index (κ1) is 17.8.